The second-order valence-electron chi connectivity index (χ2n) is 6.06. The summed E-state index contributed by atoms with van der Waals surface area (Å²) in [5, 5.41) is 11.7. The smallest absolute Gasteiger partial charge is 0.251 e. The minimum absolute atomic E-state index is 0.0538. The van der Waals surface area contributed by atoms with Crippen molar-refractivity contribution in [2.75, 3.05) is 13.2 Å². The van der Waals surface area contributed by atoms with Gasteiger partial charge >= 0.3 is 0 Å². The van der Waals surface area contributed by atoms with Crippen molar-refractivity contribution in [3.8, 4) is 11.8 Å². The minimum Gasteiger partial charge on any atom is -0.395 e. The summed E-state index contributed by atoms with van der Waals surface area (Å²) >= 11 is 0. The number of benzene rings is 1. The molecule has 0 heterocycles. The summed E-state index contributed by atoms with van der Waals surface area (Å²) in [5.74, 6) is 5.79. The molecule has 114 valence electrons. The van der Waals surface area contributed by atoms with E-state index in [-0.39, 0.29) is 17.9 Å². The first-order chi connectivity index (χ1) is 9.88. The highest BCUT2D eigenvalue weighted by molar-refractivity contribution is 5.94. The molecule has 1 amide bonds. The van der Waals surface area contributed by atoms with Crippen LogP contribution < -0.4 is 5.32 Å². The van der Waals surface area contributed by atoms with Crippen molar-refractivity contribution in [2.45, 2.75) is 40.5 Å². The van der Waals surface area contributed by atoms with Crippen molar-refractivity contribution in [3.63, 3.8) is 0 Å². The van der Waals surface area contributed by atoms with Crippen molar-refractivity contribution >= 4 is 5.91 Å². The van der Waals surface area contributed by atoms with E-state index in [2.05, 4.69) is 37.9 Å². The van der Waals surface area contributed by atoms with E-state index in [4.69, 9.17) is 5.11 Å². The SMILES string of the molecule is CCC(C)(C)CNC(=O)c1cc(C)cc(C#CCCO)c1. The molecule has 2 N–H and O–H groups in total. The molecule has 0 aromatic heterocycles. The number of hydrogen-bond donors (Lipinski definition) is 2. The lowest BCUT2D eigenvalue weighted by Gasteiger charge is -2.22. The number of aliphatic hydroxyl groups excluding tert-OH is 1. The summed E-state index contributed by atoms with van der Waals surface area (Å²) in [4.78, 5) is 12.2. The van der Waals surface area contributed by atoms with Crippen molar-refractivity contribution < 1.29 is 9.90 Å². The summed E-state index contributed by atoms with van der Waals surface area (Å²) in [6.45, 7) is 9.04. The number of hydrogen-bond acceptors (Lipinski definition) is 2. The van der Waals surface area contributed by atoms with Crippen LogP contribution in [0.3, 0.4) is 0 Å². The number of carbonyl (C=O) groups excluding carboxylic acids is 1. The molecule has 0 fully saturated rings. The Morgan fingerprint density at radius 1 is 1.33 bits per heavy atom. The number of carbonyl (C=O) groups is 1. The highest BCUT2D eigenvalue weighted by Gasteiger charge is 2.17. The van der Waals surface area contributed by atoms with Crippen molar-refractivity contribution in [1.29, 1.82) is 0 Å². The number of aryl methyl sites for hydroxylation is 1. The van der Waals surface area contributed by atoms with Gasteiger partial charge in [-0.05, 0) is 42.5 Å². The number of amides is 1. The maximum atomic E-state index is 12.2. The average Bonchev–Trinajstić information content (AvgIpc) is 2.44. The zero-order chi connectivity index (χ0) is 15.9. The summed E-state index contributed by atoms with van der Waals surface area (Å²) in [6.07, 6.45) is 1.46. The number of nitrogens with one attached hydrogen (secondary N) is 1. The van der Waals surface area contributed by atoms with E-state index < -0.39 is 0 Å². The molecule has 0 atom stereocenters. The van der Waals surface area contributed by atoms with Gasteiger partial charge in [0.25, 0.3) is 5.91 Å². The van der Waals surface area contributed by atoms with E-state index in [1.165, 1.54) is 0 Å². The van der Waals surface area contributed by atoms with E-state index in [0.717, 1.165) is 17.5 Å². The van der Waals surface area contributed by atoms with Gasteiger partial charge in [-0.25, -0.2) is 0 Å². The molecule has 3 nitrogen and oxygen atoms in total. The average molecular weight is 287 g/mol. The predicted molar refractivity (Wildman–Crippen MR) is 86.2 cm³/mol. The monoisotopic (exact) mass is 287 g/mol. The molecule has 0 saturated carbocycles. The summed E-state index contributed by atoms with van der Waals surface area (Å²) < 4.78 is 0. The van der Waals surface area contributed by atoms with Gasteiger partial charge in [0.05, 0.1) is 6.61 Å². The Bertz CT molecular complexity index is 550. The van der Waals surface area contributed by atoms with Gasteiger partial charge in [-0.2, -0.15) is 0 Å². The molecule has 0 saturated heterocycles. The van der Waals surface area contributed by atoms with Gasteiger partial charge in [0.2, 0.25) is 0 Å². The van der Waals surface area contributed by atoms with Crippen LogP contribution >= 0.6 is 0 Å². The minimum atomic E-state index is -0.0644. The second-order valence-corrected chi connectivity index (χ2v) is 6.06. The Balaban J connectivity index is 2.83. The standard InChI is InChI=1S/C18H25NO2/c1-5-18(3,4)13-19-17(21)16-11-14(2)10-15(12-16)8-6-7-9-20/h10-12,20H,5,7,9,13H2,1-4H3,(H,19,21). The van der Waals surface area contributed by atoms with Crippen LogP contribution in [0.4, 0.5) is 0 Å². The molecule has 0 aliphatic heterocycles. The van der Waals surface area contributed by atoms with Gasteiger partial charge in [0.15, 0.2) is 0 Å². The third-order valence-corrected chi connectivity index (χ3v) is 3.49. The summed E-state index contributed by atoms with van der Waals surface area (Å²) in [5.41, 5.74) is 2.55. The van der Waals surface area contributed by atoms with Gasteiger partial charge in [-0.1, -0.05) is 32.6 Å². The fourth-order valence-electron chi connectivity index (χ4n) is 1.75. The molecule has 0 unspecified atom stereocenters. The van der Waals surface area contributed by atoms with Gasteiger partial charge in [0.1, 0.15) is 0 Å². The van der Waals surface area contributed by atoms with Crippen molar-refractivity contribution in [2.24, 2.45) is 5.41 Å². The lowest BCUT2D eigenvalue weighted by atomic mass is 9.90. The van der Waals surface area contributed by atoms with Crippen LogP contribution in [0.1, 0.15) is 55.1 Å². The number of aliphatic hydroxyl groups is 1. The van der Waals surface area contributed by atoms with Gasteiger partial charge in [-0.3, -0.25) is 4.79 Å². The van der Waals surface area contributed by atoms with Gasteiger partial charge in [0, 0.05) is 24.1 Å². The lowest BCUT2D eigenvalue weighted by molar-refractivity contribution is 0.0935. The Labute approximate surface area is 127 Å². The highest BCUT2D eigenvalue weighted by atomic mass is 16.2. The zero-order valence-corrected chi connectivity index (χ0v) is 13.4. The van der Waals surface area contributed by atoms with E-state index in [9.17, 15) is 4.79 Å². The van der Waals surface area contributed by atoms with Crippen molar-refractivity contribution in [1.82, 2.24) is 5.32 Å². The van der Waals surface area contributed by atoms with Crippen LogP contribution in [-0.2, 0) is 0 Å². The molecule has 0 spiro atoms. The molecule has 0 radical (unpaired) electrons. The Morgan fingerprint density at radius 2 is 2.05 bits per heavy atom. The summed E-state index contributed by atoms with van der Waals surface area (Å²) in [6, 6.07) is 5.61. The maximum absolute atomic E-state index is 12.2. The van der Waals surface area contributed by atoms with Gasteiger partial charge in [-0.15, -0.1) is 0 Å². The van der Waals surface area contributed by atoms with Crippen LogP contribution in [0.5, 0.6) is 0 Å². The van der Waals surface area contributed by atoms with E-state index in [0.29, 0.717) is 18.5 Å². The largest absolute Gasteiger partial charge is 0.395 e. The lowest BCUT2D eigenvalue weighted by Crippen LogP contribution is -2.33. The van der Waals surface area contributed by atoms with Crippen LogP contribution in [0, 0.1) is 24.2 Å². The molecular weight excluding hydrogens is 262 g/mol. The third-order valence-electron chi connectivity index (χ3n) is 3.49. The van der Waals surface area contributed by atoms with E-state index in [1.807, 2.05) is 19.1 Å². The van der Waals surface area contributed by atoms with E-state index in [1.54, 1.807) is 6.07 Å². The van der Waals surface area contributed by atoms with Crippen LogP contribution in [0.25, 0.3) is 0 Å². The first-order valence-corrected chi connectivity index (χ1v) is 7.37. The quantitative estimate of drug-likeness (QED) is 0.818. The fraction of sp³-hybridized carbons (Fsp3) is 0.500. The second kappa shape index (κ2) is 7.85. The molecular formula is C18H25NO2. The Hall–Kier alpha value is -1.79. The first kappa shape index (κ1) is 17.3. The molecule has 21 heavy (non-hydrogen) atoms. The first-order valence-electron chi connectivity index (χ1n) is 7.37. The summed E-state index contributed by atoms with van der Waals surface area (Å²) in [7, 11) is 0. The Kier molecular flexibility index (Phi) is 6.45. The maximum Gasteiger partial charge on any atom is 0.251 e. The Morgan fingerprint density at radius 3 is 2.67 bits per heavy atom. The molecule has 0 aliphatic rings. The fourth-order valence-corrected chi connectivity index (χ4v) is 1.75. The van der Waals surface area contributed by atoms with Crippen molar-refractivity contribution in [3.05, 3.63) is 34.9 Å². The molecule has 1 rings (SSSR count). The normalized spacial score (nSPS) is 10.7. The number of rotatable bonds is 5. The molecule has 1 aromatic rings. The third kappa shape index (κ3) is 6.01. The van der Waals surface area contributed by atoms with Crippen LogP contribution in [-0.4, -0.2) is 24.2 Å². The zero-order valence-electron chi connectivity index (χ0n) is 13.4. The predicted octanol–water partition coefficient (Wildman–Crippen LogP) is 2.89. The topological polar surface area (TPSA) is 49.3 Å². The molecule has 0 bridgehead atoms. The van der Waals surface area contributed by atoms with E-state index >= 15 is 0 Å². The van der Waals surface area contributed by atoms with Crippen LogP contribution in [0.2, 0.25) is 0 Å². The molecule has 1 aromatic carbocycles. The highest BCUT2D eigenvalue weighted by Crippen LogP contribution is 2.18. The van der Waals surface area contributed by atoms with Crippen LogP contribution in [0.15, 0.2) is 18.2 Å². The molecule has 0 aliphatic carbocycles. The van der Waals surface area contributed by atoms with Gasteiger partial charge < -0.3 is 10.4 Å². The molecule has 3 heteroatoms.